The molecular weight excluding hydrogens is 410 g/mol. The Bertz CT molecular complexity index is 1070. The molecule has 2 spiro atoms. The average molecular weight is 448 g/mol. The molecule has 8 rings (SSSR count). The summed E-state index contributed by atoms with van der Waals surface area (Å²) in [6, 6.07) is 6.89. The first-order valence-corrected chi connectivity index (χ1v) is 13.2. The lowest BCUT2D eigenvalue weighted by Crippen LogP contribution is -2.76. The van der Waals surface area contributed by atoms with Gasteiger partial charge in [0.05, 0.1) is 0 Å². The molecule has 176 valence electrons. The van der Waals surface area contributed by atoms with Crippen molar-refractivity contribution in [2.45, 2.75) is 83.8 Å². The third-order valence-corrected chi connectivity index (χ3v) is 10.9. The topological polar surface area (TPSA) is 38.8 Å². The number of piperidine rings is 1. The van der Waals surface area contributed by atoms with Crippen LogP contribution in [-0.2, 0) is 16.6 Å². The van der Waals surface area contributed by atoms with Crippen LogP contribution in [0.15, 0.2) is 29.8 Å². The van der Waals surface area contributed by atoms with Crippen LogP contribution in [0.5, 0.6) is 5.75 Å². The van der Waals surface area contributed by atoms with Crippen LogP contribution in [0.4, 0.5) is 4.79 Å². The maximum Gasteiger partial charge on any atom is 0.410 e. The molecule has 7 aliphatic rings. The van der Waals surface area contributed by atoms with Crippen molar-refractivity contribution in [3.63, 3.8) is 0 Å². The van der Waals surface area contributed by atoms with Gasteiger partial charge in [-0.15, -0.1) is 0 Å². The van der Waals surface area contributed by atoms with E-state index in [4.69, 9.17) is 9.47 Å². The summed E-state index contributed by atoms with van der Waals surface area (Å²) >= 11 is 0. The zero-order valence-electron chi connectivity index (χ0n) is 20.5. The van der Waals surface area contributed by atoms with Crippen LogP contribution in [0.1, 0.15) is 70.9 Å². The standard InChI is InChI=1S/C29H37NO3/c1-17(27(2,3)4)21-15-28-11-10-20(21)25-29(28)12-13-30(26(31)32-16-18-8-9-18)23(28)14-19-6-5-7-22(33-25)24(19)29/h5-8,17,20-21,23,25H,9-16H2,1-4H3/t17?,20?,21?,23-,25+,28?,29+/m1/s1. The van der Waals surface area contributed by atoms with Gasteiger partial charge in [-0.2, -0.15) is 0 Å². The molecule has 4 bridgehead atoms. The van der Waals surface area contributed by atoms with Crippen molar-refractivity contribution in [3.8, 4) is 5.75 Å². The van der Waals surface area contributed by atoms with Gasteiger partial charge < -0.3 is 14.4 Å². The molecule has 4 fully saturated rings. The van der Waals surface area contributed by atoms with E-state index in [1.807, 2.05) is 0 Å². The first-order chi connectivity index (χ1) is 15.8. The molecule has 2 heterocycles. The lowest BCUT2D eigenvalue weighted by Gasteiger charge is -2.72. The van der Waals surface area contributed by atoms with Crippen molar-refractivity contribution in [1.82, 2.24) is 4.90 Å². The van der Waals surface area contributed by atoms with Crippen molar-refractivity contribution in [2.75, 3.05) is 13.2 Å². The van der Waals surface area contributed by atoms with Gasteiger partial charge >= 0.3 is 6.09 Å². The van der Waals surface area contributed by atoms with E-state index in [1.54, 1.807) is 0 Å². The maximum absolute atomic E-state index is 13.4. The maximum atomic E-state index is 13.4. The van der Waals surface area contributed by atoms with E-state index >= 15 is 0 Å². The number of ether oxygens (including phenoxy) is 2. The summed E-state index contributed by atoms with van der Waals surface area (Å²) in [7, 11) is 0. The first-order valence-electron chi connectivity index (χ1n) is 13.2. The van der Waals surface area contributed by atoms with Crippen LogP contribution in [0, 0.1) is 28.6 Å². The Labute approximate surface area is 197 Å². The van der Waals surface area contributed by atoms with Crippen LogP contribution >= 0.6 is 0 Å². The van der Waals surface area contributed by atoms with Crippen molar-refractivity contribution >= 4 is 6.09 Å². The minimum absolute atomic E-state index is 0.0780. The molecule has 7 atom stereocenters. The molecule has 33 heavy (non-hydrogen) atoms. The minimum atomic E-state index is -0.0970. The highest BCUT2D eigenvalue weighted by molar-refractivity contribution is 5.70. The van der Waals surface area contributed by atoms with Gasteiger partial charge in [0.1, 0.15) is 18.5 Å². The first kappa shape index (κ1) is 20.4. The van der Waals surface area contributed by atoms with Crippen molar-refractivity contribution in [1.29, 1.82) is 0 Å². The van der Waals surface area contributed by atoms with Gasteiger partial charge in [-0.05, 0) is 78.9 Å². The number of allylic oxidation sites excluding steroid dienone is 1. The second kappa shape index (κ2) is 6.37. The number of benzene rings is 1. The lowest BCUT2D eigenvalue weighted by molar-refractivity contribution is -0.206. The molecular formula is C29H37NO3. The third kappa shape index (κ3) is 2.46. The zero-order valence-corrected chi connectivity index (χ0v) is 20.5. The fraction of sp³-hybridized carbons (Fsp3) is 0.690. The lowest BCUT2D eigenvalue weighted by atomic mass is 9.35. The van der Waals surface area contributed by atoms with E-state index in [9.17, 15) is 4.79 Å². The normalized spacial score (nSPS) is 40.0. The number of hydrogen-bond acceptors (Lipinski definition) is 3. The molecule has 1 saturated heterocycles. The third-order valence-electron chi connectivity index (χ3n) is 10.9. The Balaban J connectivity index is 1.35. The largest absolute Gasteiger partial charge is 0.489 e. The van der Waals surface area contributed by atoms with Crippen molar-refractivity contribution in [2.24, 2.45) is 28.6 Å². The summed E-state index contributed by atoms with van der Waals surface area (Å²) in [5.74, 6) is 3.02. The Kier molecular flexibility index (Phi) is 3.94. The highest BCUT2D eigenvalue weighted by Crippen LogP contribution is 2.75. The Morgan fingerprint density at radius 2 is 2.12 bits per heavy atom. The molecule has 2 aliphatic heterocycles. The number of rotatable bonds is 3. The minimum Gasteiger partial charge on any atom is -0.489 e. The van der Waals surface area contributed by atoms with E-state index in [-0.39, 0.29) is 34.5 Å². The molecule has 0 N–H and O–H groups in total. The Morgan fingerprint density at radius 3 is 2.88 bits per heavy atom. The average Bonchev–Trinajstić information content (AvgIpc) is 3.54. The van der Waals surface area contributed by atoms with Crippen molar-refractivity contribution in [3.05, 3.63) is 41.0 Å². The number of hydrogen-bond donors (Lipinski definition) is 0. The number of amides is 1. The monoisotopic (exact) mass is 447 g/mol. The van der Waals surface area contributed by atoms with Crippen LogP contribution in [0.25, 0.3) is 0 Å². The van der Waals surface area contributed by atoms with Crippen molar-refractivity contribution < 1.29 is 14.3 Å². The smallest absolute Gasteiger partial charge is 0.410 e. The summed E-state index contributed by atoms with van der Waals surface area (Å²) in [5, 5.41) is 0. The van der Waals surface area contributed by atoms with Crippen LogP contribution in [0.2, 0.25) is 0 Å². The van der Waals surface area contributed by atoms with Gasteiger partial charge in [0.25, 0.3) is 0 Å². The number of carbonyl (C=O) groups excluding carboxylic acids is 1. The van der Waals surface area contributed by atoms with Gasteiger partial charge in [-0.1, -0.05) is 45.9 Å². The number of fused-ring (bicyclic) bond motifs is 2. The number of carbonyl (C=O) groups is 1. The van der Waals surface area contributed by atoms with Gasteiger partial charge in [0.2, 0.25) is 0 Å². The van der Waals surface area contributed by atoms with E-state index in [0.29, 0.717) is 24.4 Å². The van der Waals surface area contributed by atoms with E-state index in [0.717, 1.165) is 31.6 Å². The summed E-state index contributed by atoms with van der Waals surface area (Å²) < 4.78 is 12.8. The Morgan fingerprint density at radius 1 is 1.30 bits per heavy atom. The van der Waals surface area contributed by atoms with Gasteiger partial charge in [-0.3, -0.25) is 0 Å². The molecule has 5 aliphatic carbocycles. The van der Waals surface area contributed by atoms with Gasteiger partial charge in [0.15, 0.2) is 0 Å². The summed E-state index contributed by atoms with van der Waals surface area (Å²) in [6.45, 7) is 10.9. The molecule has 4 heteroatoms. The molecule has 0 aromatic heterocycles. The molecule has 1 amide bonds. The molecule has 4 unspecified atom stereocenters. The molecule has 0 radical (unpaired) electrons. The van der Waals surface area contributed by atoms with E-state index < -0.39 is 0 Å². The second-order valence-corrected chi connectivity index (χ2v) is 13.0. The summed E-state index contributed by atoms with van der Waals surface area (Å²) in [4.78, 5) is 15.5. The van der Waals surface area contributed by atoms with Gasteiger partial charge in [0, 0.05) is 29.0 Å². The molecule has 1 aromatic carbocycles. The van der Waals surface area contributed by atoms with Crippen LogP contribution in [0.3, 0.4) is 0 Å². The van der Waals surface area contributed by atoms with E-state index in [1.165, 1.54) is 36.0 Å². The van der Waals surface area contributed by atoms with Crippen LogP contribution < -0.4 is 4.74 Å². The van der Waals surface area contributed by atoms with Crippen LogP contribution in [-0.4, -0.2) is 36.3 Å². The molecule has 1 aromatic rings. The SMILES string of the molecule is CC(C1CC23CCC1[C@@H]1Oc4cccc5c4[C@@]12CCN(C(=O)OCC1=CC1)[C@@H]3C5)C(C)(C)C. The quantitative estimate of drug-likeness (QED) is 0.543. The van der Waals surface area contributed by atoms with E-state index in [2.05, 4.69) is 56.9 Å². The highest BCUT2D eigenvalue weighted by Gasteiger charge is 2.76. The predicted molar refractivity (Wildman–Crippen MR) is 127 cm³/mol. The fourth-order valence-corrected chi connectivity index (χ4v) is 9.03. The van der Waals surface area contributed by atoms with Gasteiger partial charge in [-0.25, -0.2) is 4.79 Å². The Hall–Kier alpha value is -1.97. The summed E-state index contributed by atoms with van der Waals surface area (Å²) in [6.07, 6.45) is 8.96. The number of nitrogens with zero attached hydrogens (tertiary/aromatic N) is 1. The number of likely N-dealkylation sites (tertiary alicyclic amines) is 1. The predicted octanol–water partition coefficient (Wildman–Crippen LogP) is 5.88. The fourth-order valence-electron chi connectivity index (χ4n) is 9.03. The molecule has 4 nitrogen and oxygen atoms in total. The highest BCUT2D eigenvalue weighted by atomic mass is 16.6. The zero-order chi connectivity index (χ0) is 22.8. The summed E-state index contributed by atoms with van der Waals surface area (Å²) in [5.41, 5.74) is 4.65. The second-order valence-electron chi connectivity index (χ2n) is 13.0. The molecule has 3 saturated carbocycles.